The zero-order valence-electron chi connectivity index (χ0n) is 12.9. The summed E-state index contributed by atoms with van der Waals surface area (Å²) in [6.07, 6.45) is 4.14. The van der Waals surface area contributed by atoms with Crippen LogP contribution in [0, 0.1) is 0 Å². The van der Waals surface area contributed by atoms with E-state index in [9.17, 15) is 4.79 Å². The second-order valence-electron chi connectivity index (χ2n) is 5.51. The van der Waals surface area contributed by atoms with Crippen LogP contribution in [0.5, 0.6) is 0 Å². The van der Waals surface area contributed by atoms with E-state index in [2.05, 4.69) is 22.6 Å². The second-order valence-corrected chi connectivity index (χ2v) is 5.51. The molecular formula is C19H20N2O2. The minimum Gasteiger partial charge on any atom is -0.361 e. The number of hydroxylamine groups is 1. The highest BCUT2D eigenvalue weighted by atomic mass is 16.6. The van der Waals surface area contributed by atoms with Crippen LogP contribution in [-0.4, -0.2) is 10.9 Å². The first-order chi connectivity index (χ1) is 11.3. The minimum atomic E-state index is -0.0826. The van der Waals surface area contributed by atoms with E-state index < -0.39 is 0 Å². The Hall–Kier alpha value is -2.59. The molecular weight excluding hydrogens is 288 g/mol. The summed E-state index contributed by atoms with van der Waals surface area (Å²) in [4.78, 5) is 20.3. The van der Waals surface area contributed by atoms with Gasteiger partial charge in [0, 0.05) is 23.5 Å². The summed E-state index contributed by atoms with van der Waals surface area (Å²) in [5.41, 5.74) is 5.92. The van der Waals surface area contributed by atoms with Crippen LogP contribution in [0.3, 0.4) is 0 Å². The summed E-state index contributed by atoms with van der Waals surface area (Å²) in [5.74, 6) is -0.0826. The van der Waals surface area contributed by atoms with E-state index >= 15 is 0 Å². The van der Waals surface area contributed by atoms with E-state index in [0.29, 0.717) is 13.0 Å². The van der Waals surface area contributed by atoms with Gasteiger partial charge in [0.2, 0.25) is 5.91 Å². The first-order valence-corrected chi connectivity index (χ1v) is 7.82. The summed E-state index contributed by atoms with van der Waals surface area (Å²) in [6.45, 7) is 0.384. The molecule has 0 fully saturated rings. The zero-order chi connectivity index (χ0) is 15.9. The average molecular weight is 308 g/mol. The van der Waals surface area contributed by atoms with Crippen LogP contribution >= 0.6 is 0 Å². The number of H-pyrrole nitrogens is 1. The summed E-state index contributed by atoms with van der Waals surface area (Å²) in [6, 6.07) is 18.0. The van der Waals surface area contributed by atoms with E-state index in [0.717, 1.165) is 23.9 Å². The zero-order valence-corrected chi connectivity index (χ0v) is 12.9. The molecule has 4 nitrogen and oxygen atoms in total. The number of aryl methyl sites for hydroxylation is 1. The van der Waals surface area contributed by atoms with Gasteiger partial charge in [-0.25, -0.2) is 5.48 Å². The summed E-state index contributed by atoms with van der Waals surface area (Å²) >= 11 is 0. The molecule has 2 N–H and O–H groups in total. The normalized spacial score (nSPS) is 10.8. The van der Waals surface area contributed by atoms with Gasteiger partial charge in [-0.15, -0.1) is 0 Å². The monoisotopic (exact) mass is 308 g/mol. The third-order valence-corrected chi connectivity index (χ3v) is 3.79. The number of aromatic amines is 1. The fourth-order valence-electron chi connectivity index (χ4n) is 2.60. The molecule has 2 aromatic carbocycles. The minimum absolute atomic E-state index is 0.0826. The molecule has 0 aliphatic carbocycles. The van der Waals surface area contributed by atoms with Crippen molar-refractivity contribution in [3.63, 3.8) is 0 Å². The fourth-order valence-corrected chi connectivity index (χ4v) is 2.60. The predicted molar refractivity (Wildman–Crippen MR) is 90.6 cm³/mol. The van der Waals surface area contributed by atoms with Crippen LogP contribution < -0.4 is 5.48 Å². The Labute approximate surface area is 135 Å². The van der Waals surface area contributed by atoms with Crippen LogP contribution in [0.25, 0.3) is 10.9 Å². The Morgan fingerprint density at radius 1 is 1.04 bits per heavy atom. The topological polar surface area (TPSA) is 54.1 Å². The van der Waals surface area contributed by atoms with Crippen molar-refractivity contribution in [3.8, 4) is 0 Å². The molecule has 0 saturated carbocycles. The fraction of sp³-hybridized carbons (Fsp3) is 0.211. The standard InChI is InChI=1S/C19H20N2O2/c22-19(21-23-14-15-7-2-1-3-8-15)12-6-9-16-13-20-18-11-5-4-10-17(16)18/h1-5,7-8,10-11,13,20H,6,9,12,14H2,(H,21,22). The van der Waals surface area contributed by atoms with Gasteiger partial charge in [0.05, 0.1) is 6.61 Å². The van der Waals surface area contributed by atoms with Gasteiger partial charge >= 0.3 is 0 Å². The number of fused-ring (bicyclic) bond motifs is 1. The van der Waals surface area contributed by atoms with E-state index in [4.69, 9.17) is 4.84 Å². The first-order valence-electron chi connectivity index (χ1n) is 7.82. The largest absolute Gasteiger partial charge is 0.361 e. The van der Waals surface area contributed by atoms with Crippen LogP contribution in [0.4, 0.5) is 0 Å². The predicted octanol–water partition coefficient (Wildman–Crippen LogP) is 3.74. The molecule has 23 heavy (non-hydrogen) atoms. The SMILES string of the molecule is O=C(CCCc1c[nH]c2ccccc12)NOCc1ccccc1. The number of nitrogens with one attached hydrogen (secondary N) is 2. The van der Waals surface area contributed by atoms with Crippen molar-refractivity contribution in [1.82, 2.24) is 10.5 Å². The highest BCUT2D eigenvalue weighted by Gasteiger charge is 2.05. The first kappa shape index (κ1) is 15.3. The number of para-hydroxylation sites is 1. The third-order valence-electron chi connectivity index (χ3n) is 3.79. The molecule has 0 radical (unpaired) electrons. The molecule has 0 bridgehead atoms. The van der Waals surface area contributed by atoms with Crippen molar-refractivity contribution in [1.29, 1.82) is 0 Å². The van der Waals surface area contributed by atoms with Gasteiger partial charge in [-0.3, -0.25) is 9.63 Å². The lowest BCUT2D eigenvalue weighted by Gasteiger charge is -2.06. The van der Waals surface area contributed by atoms with Gasteiger partial charge in [-0.2, -0.15) is 0 Å². The van der Waals surface area contributed by atoms with Gasteiger partial charge in [0.1, 0.15) is 0 Å². The van der Waals surface area contributed by atoms with Crippen molar-refractivity contribution < 1.29 is 9.63 Å². The van der Waals surface area contributed by atoms with Crippen molar-refractivity contribution in [2.75, 3.05) is 0 Å². The smallest absolute Gasteiger partial charge is 0.243 e. The number of hydrogen-bond donors (Lipinski definition) is 2. The maximum absolute atomic E-state index is 11.8. The van der Waals surface area contributed by atoms with Gasteiger partial charge in [-0.05, 0) is 30.0 Å². The molecule has 0 aliphatic heterocycles. The van der Waals surface area contributed by atoms with Crippen molar-refractivity contribution in [3.05, 3.63) is 71.9 Å². The number of rotatable bonds is 7. The Kier molecular flexibility index (Phi) is 5.06. The average Bonchev–Trinajstić information content (AvgIpc) is 2.99. The quantitative estimate of drug-likeness (QED) is 0.653. The maximum Gasteiger partial charge on any atom is 0.243 e. The number of amides is 1. The lowest BCUT2D eigenvalue weighted by atomic mass is 10.1. The lowest BCUT2D eigenvalue weighted by molar-refractivity contribution is -0.134. The molecule has 0 atom stereocenters. The van der Waals surface area contributed by atoms with E-state index in [1.54, 1.807) is 0 Å². The molecule has 3 aromatic rings. The number of carbonyl (C=O) groups is 1. The highest BCUT2D eigenvalue weighted by Crippen LogP contribution is 2.19. The molecule has 118 valence electrons. The number of benzene rings is 2. The van der Waals surface area contributed by atoms with Gasteiger partial charge in [0.15, 0.2) is 0 Å². The number of hydrogen-bond acceptors (Lipinski definition) is 2. The van der Waals surface area contributed by atoms with Crippen molar-refractivity contribution in [2.45, 2.75) is 25.9 Å². The van der Waals surface area contributed by atoms with E-state index in [1.807, 2.05) is 48.7 Å². The Morgan fingerprint density at radius 2 is 1.83 bits per heavy atom. The molecule has 3 rings (SSSR count). The summed E-state index contributed by atoms with van der Waals surface area (Å²) in [5, 5.41) is 1.23. The highest BCUT2D eigenvalue weighted by molar-refractivity contribution is 5.83. The summed E-state index contributed by atoms with van der Waals surface area (Å²) < 4.78 is 0. The Bertz CT molecular complexity index is 765. The van der Waals surface area contributed by atoms with Gasteiger partial charge in [0.25, 0.3) is 0 Å². The Balaban J connectivity index is 1.39. The van der Waals surface area contributed by atoms with Crippen LogP contribution in [0.15, 0.2) is 60.8 Å². The molecule has 0 spiro atoms. The molecule has 1 heterocycles. The molecule has 1 aromatic heterocycles. The second kappa shape index (κ2) is 7.61. The third kappa shape index (κ3) is 4.20. The van der Waals surface area contributed by atoms with Crippen LogP contribution in [-0.2, 0) is 22.7 Å². The molecule has 0 saturated heterocycles. The maximum atomic E-state index is 11.8. The van der Waals surface area contributed by atoms with Crippen LogP contribution in [0.2, 0.25) is 0 Å². The number of aromatic nitrogens is 1. The van der Waals surface area contributed by atoms with Gasteiger partial charge in [-0.1, -0.05) is 48.5 Å². The number of carbonyl (C=O) groups excluding carboxylic acids is 1. The Morgan fingerprint density at radius 3 is 2.70 bits per heavy atom. The van der Waals surface area contributed by atoms with Crippen molar-refractivity contribution >= 4 is 16.8 Å². The van der Waals surface area contributed by atoms with E-state index in [1.165, 1.54) is 10.9 Å². The molecule has 1 amide bonds. The lowest BCUT2D eigenvalue weighted by Crippen LogP contribution is -2.23. The molecule has 0 unspecified atom stereocenters. The van der Waals surface area contributed by atoms with Crippen LogP contribution in [0.1, 0.15) is 24.0 Å². The summed E-state index contributed by atoms with van der Waals surface area (Å²) in [7, 11) is 0. The van der Waals surface area contributed by atoms with Gasteiger partial charge < -0.3 is 4.98 Å². The molecule has 0 aliphatic rings. The van der Waals surface area contributed by atoms with Crippen molar-refractivity contribution in [2.24, 2.45) is 0 Å². The molecule has 4 heteroatoms. The van der Waals surface area contributed by atoms with E-state index in [-0.39, 0.29) is 5.91 Å².